The molecule has 0 spiro atoms. The number of nitrogens with zero attached hydrogens (tertiary/aromatic N) is 2. The molecule has 26 heavy (non-hydrogen) atoms. The van der Waals surface area contributed by atoms with Crippen LogP contribution in [0.4, 0.5) is 22.7 Å². The van der Waals surface area contributed by atoms with Crippen molar-refractivity contribution in [1.29, 1.82) is 0 Å². The lowest BCUT2D eigenvalue weighted by atomic mass is 10.1. The predicted molar refractivity (Wildman–Crippen MR) is 104 cm³/mol. The first kappa shape index (κ1) is 19.2. The van der Waals surface area contributed by atoms with E-state index in [9.17, 15) is 14.9 Å². The minimum atomic E-state index is -0.499. The molecule has 2 rings (SSSR count). The highest BCUT2D eigenvalue weighted by Crippen LogP contribution is 2.29. The first-order chi connectivity index (χ1) is 12.4. The van der Waals surface area contributed by atoms with Gasteiger partial charge in [-0.05, 0) is 57.2 Å². The molecule has 2 aromatic rings. The van der Waals surface area contributed by atoms with Crippen molar-refractivity contribution in [3.63, 3.8) is 0 Å². The second-order valence-corrected chi connectivity index (χ2v) is 6.12. The van der Waals surface area contributed by atoms with Crippen LogP contribution in [0.1, 0.15) is 31.1 Å². The molecule has 0 fully saturated rings. The van der Waals surface area contributed by atoms with Gasteiger partial charge in [0, 0.05) is 42.6 Å². The Morgan fingerprint density at radius 2 is 1.85 bits per heavy atom. The second kappa shape index (κ2) is 8.33. The second-order valence-electron chi connectivity index (χ2n) is 6.12. The quantitative estimate of drug-likeness (QED) is 0.580. The van der Waals surface area contributed by atoms with Gasteiger partial charge >= 0.3 is 0 Å². The fourth-order valence-electron chi connectivity index (χ4n) is 2.81. The number of nitro benzene ring substituents is 1. The van der Waals surface area contributed by atoms with E-state index in [4.69, 9.17) is 0 Å². The molecule has 0 aliphatic rings. The average molecular weight is 356 g/mol. The van der Waals surface area contributed by atoms with Gasteiger partial charge in [-0.25, -0.2) is 0 Å². The topological polar surface area (TPSA) is 87.5 Å². The Morgan fingerprint density at radius 1 is 1.19 bits per heavy atom. The van der Waals surface area contributed by atoms with Gasteiger partial charge in [0.25, 0.3) is 11.6 Å². The van der Waals surface area contributed by atoms with Crippen LogP contribution in [0.25, 0.3) is 0 Å². The van der Waals surface area contributed by atoms with Crippen LogP contribution in [0.3, 0.4) is 0 Å². The highest BCUT2D eigenvalue weighted by atomic mass is 16.6. The van der Waals surface area contributed by atoms with Crippen LogP contribution >= 0.6 is 0 Å². The van der Waals surface area contributed by atoms with Crippen molar-refractivity contribution in [2.24, 2.45) is 0 Å². The van der Waals surface area contributed by atoms with E-state index in [1.165, 1.54) is 13.1 Å². The maximum Gasteiger partial charge on any atom is 0.293 e. The van der Waals surface area contributed by atoms with Crippen LogP contribution in [0, 0.1) is 10.1 Å². The van der Waals surface area contributed by atoms with Crippen molar-refractivity contribution in [1.82, 2.24) is 5.32 Å². The third kappa shape index (κ3) is 4.30. The summed E-state index contributed by atoms with van der Waals surface area (Å²) in [5.41, 5.74) is 2.27. The molecule has 138 valence electrons. The van der Waals surface area contributed by atoms with Gasteiger partial charge in [-0.3, -0.25) is 14.9 Å². The number of anilines is 3. The van der Waals surface area contributed by atoms with Crippen molar-refractivity contribution in [3.05, 3.63) is 58.1 Å². The number of nitro groups is 1. The third-order valence-electron chi connectivity index (χ3n) is 4.13. The molecule has 0 saturated carbocycles. The number of carbonyl (C=O) groups excluding carboxylic acids is 1. The summed E-state index contributed by atoms with van der Waals surface area (Å²) in [5, 5.41) is 16.9. The predicted octanol–water partition coefficient (Wildman–Crippen LogP) is 3.93. The van der Waals surface area contributed by atoms with Gasteiger partial charge < -0.3 is 15.5 Å². The van der Waals surface area contributed by atoms with Crippen molar-refractivity contribution in [2.45, 2.75) is 26.8 Å². The zero-order valence-electron chi connectivity index (χ0n) is 15.4. The van der Waals surface area contributed by atoms with E-state index >= 15 is 0 Å². The minimum absolute atomic E-state index is 0.146. The van der Waals surface area contributed by atoms with Crippen molar-refractivity contribution in [3.8, 4) is 0 Å². The first-order valence-electron chi connectivity index (χ1n) is 8.51. The normalized spacial score (nSPS) is 10.5. The summed E-state index contributed by atoms with van der Waals surface area (Å²) in [5.74, 6) is -0.364. The number of benzene rings is 2. The van der Waals surface area contributed by atoms with E-state index in [-0.39, 0.29) is 17.2 Å². The first-order valence-corrected chi connectivity index (χ1v) is 8.51. The SMILES string of the molecule is CCN(c1ccc(Nc2ccc(C(=O)NC)cc2[N+](=O)[O-])cc1)C(C)C. The van der Waals surface area contributed by atoms with E-state index in [2.05, 4.69) is 36.3 Å². The Morgan fingerprint density at radius 3 is 2.35 bits per heavy atom. The number of hydrogen-bond acceptors (Lipinski definition) is 5. The Kier molecular flexibility index (Phi) is 6.16. The highest BCUT2D eigenvalue weighted by molar-refractivity contribution is 5.95. The van der Waals surface area contributed by atoms with Gasteiger partial charge in [0.1, 0.15) is 5.69 Å². The Balaban J connectivity index is 2.27. The van der Waals surface area contributed by atoms with E-state index in [0.717, 1.165) is 17.9 Å². The molecular formula is C19H24N4O3. The van der Waals surface area contributed by atoms with Crippen molar-refractivity contribution in [2.75, 3.05) is 23.8 Å². The molecule has 0 bridgehead atoms. The summed E-state index contributed by atoms with van der Waals surface area (Å²) < 4.78 is 0. The Hall–Kier alpha value is -3.09. The zero-order valence-corrected chi connectivity index (χ0v) is 15.4. The van der Waals surface area contributed by atoms with Crippen molar-refractivity contribution < 1.29 is 9.72 Å². The summed E-state index contributed by atoms with van der Waals surface area (Å²) in [6.07, 6.45) is 0. The molecule has 7 heteroatoms. The van der Waals surface area contributed by atoms with E-state index in [0.29, 0.717) is 11.7 Å². The van der Waals surface area contributed by atoms with Gasteiger partial charge in [0.15, 0.2) is 0 Å². The summed E-state index contributed by atoms with van der Waals surface area (Å²) in [7, 11) is 1.48. The molecule has 2 aromatic carbocycles. The lowest BCUT2D eigenvalue weighted by Crippen LogP contribution is -2.30. The standard InChI is InChI=1S/C19H24N4O3/c1-5-22(13(2)3)16-9-7-15(8-10-16)21-17-11-6-14(19(24)20-4)12-18(17)23(25)26/h6-13,21H,5H2,1-4H3,(H,20,24). The monoisotopic (exact) mass is 356 g/mol. The third-order valence-corrected chi connectivity index (χ3v) is 4.13. The Bertz CT molecular complexity index is 788. The molecule has 0 aliphatic heterocycles. The van der Waals surface area contributed by atoms with E-state index < -0.39 is 4.92 Å². The van der Waals surface area contributed by atoms with Crippen molar-refractivity contribution >= 4 is 28.7 Å². The smallest absolute Gasteiger partial charge is 0.293 e. The van der Waals surface area contributed by atoms with Crippen LogP contribution < -0.4 is 15.5 Å². The van der Waals surface area contributed by atoms with Gasteiger partial charge in [0.05, 0.1) is 4.92 Å². The summed E-state index contributed by atoms with van der Waals surface area (Å²) >= 11 is 0. The van der Waals surface area contributed by atoms with Gasteiger partial charge in [-0.1, -0.05) is 0 Å². The van der Waals surface area contributed by atoms with Gasteiger partial charge in [-0.2, -0.15) is 0 Å². The van der Waals surface area contributed by atoms with E-state index in [1.807, 2.05) is 24.3 Å². The van der Waals surface area contributed by atoms with E-state index in [1.54, 1.807) is 12.1 Å². The number of carbonyl (C=O) groups is 1. The number of hydrogen-bond donors (Lipinski definition) is 2. The number of nitrogens with one attached hydrogen (secondary N) is 2. The molecule has 1 amide bonds. The molecule has 0 atom stereocenters. The number of amides is 1. The highest BCUT2D eigenvalue weighted by Gasteiger charge is 2.17. The minimum Gasteiger partial charge on any atom is -0.369 e. The maximum atomic E-state index is 11.7. The fraction of sp³-hybridized carbons (Fsp3) is 0.316. The van der Waals surface area contributed by atoms with Crippen LogP contribution in [0.5, 0.6) is 0 Å². The molecule has 0 aliphatic carbocycles. The molecule has 7 nitrogen and oxygen atoms in total. The molecular weight excluding hydrogens is 332 g/mol. The number of rotatable bonds is 7. The molecule has 2 N–H and O–H groups in total. The average Bonchev–Trinajstić information content (AvgIpc) is 2.63. The summed E-state index contributed by atoms with van der Waals surface area (Å²) in [4.78, 5) is 24.8. The fourth-order valence-corrected chi connectivity index (χ4v) is 2.81. The Labute approximate surface area is 153 Å². The molecule has 0 aromatic heterocycles. The summed E-state index contributed by atoms with van der Waals surface area (Å²) in [6, 6.07) is 12.5. The largest absolute Gasteiger partial charge is 0.369 e. The maximum absolute atomic E-state index is 11.7. The summed E-state index contributed by atoms with van der Waals surface area (Å²) in [6.45, 7) is 7.26. The van der Waals surface area contributed by atoms with Gasteiger partial charge in [-0.15, -0.1) is 0 Å². The van der Waals surface area contributed by atoms with Gasteiger partial charge in [0.2, 0.25) is 0 Å². The zero-order chi connectivity index (χ0) is 19.3. The lowest BCUT2D eigenvalue weighted by Gasteiger charge is -2.27. The van der Waals surface area contributed by atoms with Crippen LogP contribution in [-0.4, -0.2) is 30.5 Å². The van der Waals surface area contributed by atoms with Crippen LogP contribution in [-0.2, 0) is 0 Å². The van der Waals surface area contributed by atoms with Crippen LogP contribution in [0.2, 0.25) is 0 Å². The molecule has 0 unspecified atom stereocenters. The lowest BCUT2D eigenvalue weighted by molar-refractivity contribution is -0.383. The van der Waals surface area contributed by atoms with Crippen LogP contribution in [0.15, 0.2) is 42.5 Å². The molecule has 0 saturated heterocycles. The molecule has 0 radical (unpaired) electrons. The molecule has 0 heterocycles.